The van der Waals surface area contributed by atoms with E-state index >= 15 is 0 Å². The van der Waals surface area contributed by atoms with Crippen molar-refractivity contribution in [3.05, 3.63) is 0 Å². The molecular weight excluding hydrogens is 216 g/mol. The molecule has 0 aliphatic carbocycles. The molecule has 16 heavy (non-hydrogen) atoms. The quantitative estimate of drug-likeness (QED) is 0.417. The Labute approximate surface area is 93.4 Å². The van der Waals surface area contributed by atoms with Gasteiger partial charge >= 0.3 is 11.9 Å². The molecule has 0 aliphatic rings. The Morgan fingerprint density at radius 2 is 1.94 bits per heavy atom. The lowest BCUT2D eigenvalue weighted by Crippen LogP contribution is -2.29. The summed E-state index contributed by atoms with van der Waals surface area (Å²) >= 11 is 0. The summed E-state index contributed by atoms with van der Waals surface area (Å²) in [6.07, 6.45) is 0.0357. The minimum Gasteiger partial charge on any atom is -0.480 e. The summed E-state index contributed by atoms with van der Waals surface area (Å²) in [5.74, 6) is -1.82. The number of carboxylic acids is 1. The molecule has 0 unspecified atom stereocenters. The zero-order valence-electron chi connectivity index (χ0n) is 9.36. The fourth-order valence-corrected chi connectivity index (χ4v) is 0.729. The van der Waals surface area contributed by atoms with Crippen LogP contribution in [-0.2, 0) is 19.1 Å². The van der Waals surface area contributed by atoms with Crippen LogP contribution in [0.25, 0.3) is 0 Å². The molecule has 7 nitrogen and oxygen atoms in total. The Morgan fingerprint density at radius 3 is 2.44 bits per heavy atom. The van der Waals surface area contributed by atoms with E-state index in [1.807, 2.05) is 0 Å². The number of carbonyl (C=O) groups excluding carboxylic acids is 2. The van der Waals surface area contributed by atoms with Crippen LogP contribution in [0.4, 0.5) is 0 Å². The number of nitrogens with one attached hydrogen (secondary N) is 1. The van der Waals surface area contributed by atoms with Crippen LogP contribution in [0.1, 0.15) is 6.42 Å². The molecule has 0 aromatic heterocycles. The van der Waals surface area contributed by atoms with Gasteiger partial charge in [-0.2, -0.15) is 0 Å². The van der Waals surface area contributed by atoms with Gasteiger partial charge in [0.15, 0.2) is 6.61 Å². The first kappa shape index (κ1) is 14.4. The van der Waals surface area contributed by atoms with E-state index in [0.29, 0.717) is 0 Å². The smallest absolute Gasteiger partial charge is 0.317 e. The number of rotatable bonds is 7. The van der Waals surface area contributed by atoms with Gasteiger partial charge in [0.1, 0.15) is 0 Å². The highest BCUT2D eigenvalue weighted by Crippen LogP contribution is 1.87. The van der Waals surface area contributed by atoms with E-state index in [4.69, 9.17) is 5.11 Å². The van der Waals surface area contributed by atoms with Crippen LogP contribution in [0.3, 0.4) is 0 Å². The van der Waals surface area contributed by atoms with Crippen molar-refractivity contribution in [1.82, 2.24) is 10.2 Å². The van der Waals surface area contributed by atoms with Gasteiger partial charge in [-0.25, -0.2) is 0 Å². The van der Waals surface area contributed by atoms with Crippen molar-refractivity contribution in [3.8, 4) is 0 Å². The third-order valence-corrected chi connectivity index (χ3v) is 1.64. The van der Waals surface area contributed by atoms with Gasteiger partial charge in [0, 0.05) is 20.6 Å². The third-order valence-electron chi connectivity index (χ3n) is 1.64. The Bertz CT molecular complexity index is 265. The number of likely N-dealkylation sites (N-methyl/N-ethyl adjacent to an activating group) is 1. The van der Waals surface area contributed by atoms with Gasteiger partial charge in [-0.05, 0) is 0 Å². The zero-order valence-corrected chi connectivity index (χ0v) is 9.36. The number of carboxylic acid groups (broad SMARTS) is 1. The van der Waals surface area contributed by atoms with Crippen LogP contribution in [0.5, 0.6) is 0 Å². The van der Waals surface area contributed by atoms with Crippen molar-refractivity contribution in [2.45, 2.75) is 6.42 Å². The monoisotopic (exact) mass is 232 g/mol. The number of ether oxygens (including phenoxy) is 1. The second kappa shape index (κ2) is 7.63. The molecule has 0 aromatic rings. The van der Waals surface area contributed by atoms with Crippen molar-refractivity contribution >= 4 is 17.8 Å². The van der Waals surface area contributed by atoms with Gasteiger partial charge < -0.3 is 20.1 Å². The van der Waals surface area contributed by atoms with E-state index in [1.165, 1.54) is 4.90 Å². The lowest BCUT2D eigenvalue weighted by atomic mass is 10.4. The fraction of sp³-hybridized carbons (Fsp3) is 0.667. The number of carbonyl (C=O) groups is 3. The molecule has 0 heterocycles. The number of amides is 1. The molecule has 0 fully saturated rings. The van der Waals surface area contributed by atoms with Gasteiger partial charge in [-0.1, -0.05) is 0 Å². The molecule has 1 amide bonds. The maximum Gasteiger partial charge on any atom is 0.317 e. The van der Waals surface area contributed by atoms with Crippen LogP contribution < -0.4 is 5.32 Å². The van der Waals surface area contributed by atoms with E-state index in [9.17, 15) is 14.4 Å². The van der Waals surface area contributed by atoms with Gasteiger partial charge in [0.2, 0.25) is 0 Å². The zero-order chi connectivity index (χ0) is 12.6. The van der Waals surface area contributed by atoms with Gasteiger partial charge in [0.25, 0.3) is 5.91 Å². The molecule has 0 atom stereocenters. The number of hydrogen-bond acceptors (Lipinski definition) is 5. The lowest BCUT2D eigenvalue weighted by molar-refractivity contribution is -0.151. The van der Waals surface area contributed by atoms with E-state index in [2.05, 4.69) is 10.1 Å². The fourth-order valence-electron chi connectivity index (χ4n) is 0.729. The first-order valence-corrected chi connectivity index (χ1v) is 4.71. The van der Waals surface area contributed by atoms with Crippen LogP contribution in [0.2, 0.25) is 0 Å². The average Bonchev–Trinajstić information content (AvgIpc) is 2.20. The molecule has 92 valence electrons. The Balaban J connectivity index is 3.52. The molecule has 0 spiro atoms. The summed E-state index contributed by atoms with van der Waals surface area (Å²) < 4.78 is 4.65. The molecule has 0 aliphatic heterocycles. The maximum atomic E-state index is 11.0. The summed E-state index contributed by atoms with van der Waals surface area (Å²) in [6, 6.07) is 0. The number of nitrogens with zero attached hydrogens (tertiary/aromatic N) is 1. The molecule has 0 saturated heterocycles. The maximum absolute atomic E-state index is 11.0. The Morgan fingerprint density at radius 1 is 1.31 bits per heavy atom. The summed E-state index contributed by atoms with van der Waals surface area (Å²) in [5.41, 5.74) is 0. The summed E-state index contributed by atoms with van der Waals surface area (Å²) in [4.78, 5) is 33.5. The minimum atomic E-state index is -0.990. The predicted octanol–water partition coefficient (Wildman–Crippen LogP) is -1.32. The lowest BCUT2D eigenvalue weighted by Gasteiger charge is -2.10. The molecule has 0 rings (SSSR count). The minimum absolute atomic E-state index is 0.0357. The molecule has 0 aromatic carbocycles. The van der Waals surface area contributed by atoms with Crippen molar-refractivity contribution in [3.63, 3.8) is 0 Å². The number of hydrogen-bond donors (Lipinski definition) is 2. The molecular formula is C9H16N2O5. The Kier molecular flexibility index (Phi) is 6.86. The van der Waals surface area contributed by atoms with Gasteiger partial charge in [-0.3, -0.25) is 14.4 Å². The number of esters is 1. The van der Waals surface area contributed by atoms with Crippen LogP contribution in [-0.4, -0.2) is 61.6 Å². The summed E-state index contributed by atoms with van der Waals surface area (Å²) in [5, 5.41) is 10.8. The van der Waals surface area contributed by atoms with Crippen LogP contribution in [0, 0.1) is 0 Å². The van der Waals surface area contributed by atoms with E-state index in [0.717, 1.165) is 0 Å². The topological polar surface area (TPSA) is 95.9 Å². The molecule has 2 N–H and O–H groups in total. The second-order valence-corrected chi connectivity index (χ2v) is 3.27. The highest BCUT2D eigenvalue weighted by atomic mass is 16.5. The van der Waals surface area contributed by atoms with Crippen LogP contribution in [0.15, 0.2) is 0 Å². The summed E-state index contributed by atoms with van der Waals surface area (Å²) in [6.45, 7) is -0.282. The molecule has 7 heteroatoms. The predicted molar refractivity (Wildman–Crippen MR) is 54.8 cm³/mol. The first-order chi connectivity index (χ1) is 7.43. The van der Waals surface area contributed by atoms with Crippen molar-refractivity contribution in [2.75, 3.05) is 33.8 Å². The van der Waals surface area contributed by atoms with E-state index in [-0.39, 0.29) is 32.0 Å². The first-order valence-electron chi connectivity index (χ1n) is 4.71. The van der Waals surface area contributed by atoms with Gasteiger partial charge in [0.05, 0.1) is 13.0 Å². The van der Waals surface area contributed by atoms with Crippen molar-refractivity contribution in [2.24, 2.45) is 0 Å². The van der Waals surface area contributed by atoms with Crippen molar-refractivity contribution < 1.29 is 24.2 Å². The SMILES string of the molecule is CN(C)C(=O)COC(=O)CCNCC(=O)O. The molecule has 0 bridgehead atoms. The normalized spacial score (nSPS) is 9.62. The standard InChI is InChI=1S/C9H16N2O5/c1-11(2)7(12)6-16-9(15)3-4-10-5-8(13)14/h10H,3-6H2,1-2H3,(H,13,14). The van der Waals surface area contributed by atoms with Crippen LogP contribution >= 0.6 is 0 Å². The Hall–Kier alpha value is -1.63. The summed E-state index contributed by atoms with van der Waals surface area (Å²) in [7, 11) is 3.12. The highest BCUT2D eigenvalue weighted by Gasteiger charge is 2.08. The number of aliphatic carboxylic acids is 1. The van der Waals surface area contributed by atoms with Gasteiger partial charge in [-0.15, -0.1) is 0 Å². The molecule has 0 radical (unpaired) electrons. The largest absolute Gasteiger partial charge is 0.480 e. The third kappa shape index (κ3) is 7.74. The highest BCUT2D eigenvalue weighted by molar-refractivity contribution is 5.80. The van der Waals surface area contributed by atoms with E-state index in [1.54, 1.807) is 14.1 Å². The average molecular weight is 232 g/mol. The van der Waals surface area contributed by atoms with Crippen molar-refractivity contribution in [1.29, 1.82) is 0 Å². The second-order valence-electron chi connectivity index (χ2n) is 3.27. The van der Waals surface area contributed by atoms with E-state index < -0.39 is 11.9 Å². The molecule has 0 saturated carbocycles.